The Labute approximate surface area is 71.9 Å². The second kappa shape index (κ2) is 3.38. The first-order valence-electron chi connectivity index (χ1n) is 3.65. The second-order valence-corrected chi connectivity index (χ2v) is 3.08. The molecule has 0 aromatic heterocycles. The molecule has 0 nitrogen and oxygen atoms in total. The van der Waals surface area contributed by atoms with E-state index in [0.717, 1.165) is 6.92 Å². The van der Waals surface area contributed by atoms with Gasteiger partial charge >= 0.3 is 6.18 Å². The van der Waals surface area contributed by atoms with E-state index in [1.807, 2.05) is 0 Å². The average molecular weight is 208 g/mol. The Bertz CT molecular complexity index is 168. The normalized spacial score (nSPS) is 18.5. The van der Waals surface area contributed by atoms with Gasteiger partial charge in [0.1, 0.15) is 0 Å². The van der Waals surface area contributed by atoms with Crippen molar-refractivity contribution in [2.45, 2.75) is 44.5 Å². The van der Waals surface area contributed by atoms with E-state index in [0.29, 0.717) is 0 Å². The summed E-state index contributed by atoms with van der Waals surface area (Å²) in [5.41, 5.74) is -3.83. The zero-order valence-electron chi connectivity index (χ0n) is 7.18. The summed E-state index contributed by atoms with van der Waals surface area (Å²) in [5.74, 6) is -3.61. The van der Waals surface area contributed by atoms with E-state index >= 15 is 0 Å². The summed E-state index contributed by atoms with van der Waals surface area (Å²) >= 11 is 0. The minimum absolute atomic E-state index is 0.122. The molecule has 0 N–H and O–H groups in total. The highest BCUT2D eigenvalue weighted by atomic mass is 19.4. The summed E-state index contributed by atoms with van der Waals surface area (Å²) in [6.07, 6.45) is -7.87. The first-order chi connectivity index (χ1) is 5.52. The van der Waals surface area contributed by atoms with Gasteiger partial charge < -0.3 is 0 Å². The van der Waals surface area contributed by atoms with Crippen LogP contribution in [-0.2, 0) is 0 Å². The van der Waals surface area contributed by atoms with Crippen molar-refractivity contribution in [2.75, 3.05) is 0 Å². The maximum absolute atomic E-state index is 12.7. The largest absolute Gasteiger partial charge is 0.422 e. The van der Waals surface area contributed by atoms with Crippen molar-refractivity contribution in [2.24, 2.45) is 0 Å². The monoisotopic (exact) mass is 208 g/mol. The fourth-order valence-corrected chi connectivity index (χ4v) is 0.711. The van der Waals surface area contributed by atoms with E-state index in [9.17, 15) is 26.3 Å². The van der Waals surface area contributed by atoms with Crippen LogP contribution in [0.2, 0.25) is 0 Å². The zero-order valence-corrected chi connectivity index (χ0v) is 7.18. The SMILES string of the molecule is CCC(F)(F)CC(C)(F)C(F)(F)F. The van der Waals surface area contributed by atoms with Gasteiger partial charge in [-0.25, -0.2) is 13.2 Å². The van der Waals surface area contributed by atoms with Crippen LogP contribution in [0.5, 0.6) is 0 Å². The molecule has 80 valence electrons. The molecule has 1 unspecified atom stereocenters. The van der Waals surface area contributed by atoms with E-state index in [2.05, 4.69) is 0 Å². The summed E-state index contributed by atoms with van der Waals surface area (Å²) in [4.78, 5) is 0. The molecule has 0 saturated heterocycles. The van der Waals surface area contributed by atoms with Crippen molar-refractivity contribution in [3.8, 4) is 0 Å². The molecule has 0 fully saturated rings. The highest BCUT2D eigenvalue weighted by Crippen LogP contribution is 2.41. The topological polar surface area (TPSA) is 0 Å². The third-order valence-electron chi connectivity index (χ3n) is 1.70. The molecular formula is C7H10F6. The van der Waals surface area contributed by atoms with E-state index in [4.69, 9.17) is 0 Å². The predicted octanol–water partition coefficient (Wildman–Crippen LogP) is 3.71. The Kier molecular flexibility index (Phi) is 3.27. The highest BCUT2D eigenvalue weighted by Gasteiger charge is 2.56. The van der Waals surface area contributed by atoms with E-state index in [1.165, 1.54) is 0 Å². The lowest BCUT2D eigenvalue weighted by atomic mass is 9.98. The molecule has 0 aliphatic rings. The Morgan fingerprint density at radius 3 is 1.54 bits per heavy atom. The van der Waals surface area contributed by atoms with Crippen LogP contribution in [0.15, 0.2) is 0 Å². The van der Waals surface area contributed by atoms with Gasteiger partial charge in [-0.05, 0) is 6.92 Å². The van der Waals surface area contributed by atoms with Crippen LogP contribution >= 0.6 is 0 Å². The van der Waals surface area contributed by atoms with E-state index in [1.54, 1.807) is 0 Å². The lowest BCUT2D eigenvalue weighted by molar-refractivity contribution is -0.243. The smallest absolute Gasteiger partial charge is 0.234 e. The summed E-state index contributed by atoms with van der Waals surface area (Å²) in [5, 5.41) is 0. The Hall–Kier alpha value is -0.420. The molecule has 0 aromatic carbocycles. The van der Waals surface area contributed by atoms with Gasteiger partial charge in [0.2, 0.25) is 5.67 Å². The van der Waals surface area contributed by atoms with Crippen LogP contribution in [0.25, 0.3) is 0 Å². The standard InChI is InChI=1S/C7H10F6/c1-3-6(9,10)4-5(2,8)7(11,12)13/h3-4H2,1-2H3. The van der Waals surface area contributed by atoms with Gasteiger partial charge in [-0.3, -0.25) is 0 Å². The molecule has 6 heteroatoms. The molecule has 0 aliphatic carbocycles. The summed E-state index contributed by atoms with van der Waals surface area (Å²) in [7, 11) is 0. The van der Waals surface area contributed by atoms with Crippen molar-refractivity contribution in [1.29, 1.82) is 0 Å². The Balaban J connectivity index is 4.52. The van der Waals surface area contributed by atoms with Gasteiger partial charge in [-0.1, -0.05) is 6.92 Å². The van der Waals surface area contributed by atoms with E-state index in [-0.39, 0.29) is 6.92 Å². The molecule has 13 heavy (non-hydrogen) atoms. The first kappa shape index (κ1) is 12.6. The maximum Gasteiger partial charge on any atom is 0.422 e. The van der Waals surface area contributed by atoms with Gasteiger partial charge in [0, 0.05) is 6.42 Å². The first-order valence-corrected chi connectivity index (χ1v) is 3.65. The van der Waals surface area contributed by atoms with Crippen LogP contribution in [0, 0.1) is 0 Å². The van der Waals surface area contributed by atoms with Crippen LogP contribution in [-0.4, -0.2) is 17.8 Å². The zero-order chi connectivity index (χ0) is 10.9. The van der Waals surface area contributed by atoms with Crippen molar-refractivity contribution in [3.63, 3.8) is 0 Å². The predicted molar refractivity (Wildman–Crippen MR) is 35.4 cm³/mol. The van der Waals surface area contributed by atoms with E-state index < -0.39 is 30.6 Å². The number of halogens is 6. The second-order valence-electron chi connectivity index (χ2n) is 3.08. The van der Waals surface area contributed by atoms with Crippen molar-refractivity contribution >= 4 is 0 Å². The number of alkyl halides is 6. The van der Waals surface area contributed by atoms with Crippen LogP contribution in [0.4, 0.5) is 26.3 Å². The molecule has 0 radical (unpaired) electrons. The molecule has 1 atom stereocenters. The minimum atomic E-state index is -5.24. The summed E-state index contributed by atoms with van der Waals surface area (Å²) in [6.45, 7) is 1.13. The van der Waals surface area contributed by atoms with Gasteiger partial charge in [-0.2, -0.15) is 13.2 Å². The molecule has 0 bridgehead atoms. The molecule has 0 aromatic rings. The Morgan fingerprint density at radius 2 is 1.31 bits per heavy atom. The molecule has 0 amide bonds. The lowest BCUT2D eigenvalue weighted by Crippen LogP contribution is -2.42. The molecule has 0 heterocycles. The highest BCUT2D eigenvalue weighted by molar-refractivity contribution is 4.87. The molecule has 0 spiro atoms. The van der Waals surface area contributed by atoms with Gasteiger partial charge in [0.15, 0.2) is 0 Å². The Morgan fingerprint density at radius 1 is 0.923 bits per heavy atom. The number of hydrogen-bond donors (Lipinski definition) is 0. The average Bonchev–Trinajstić information content (AvgIpc) is 1.83. The molecule has 0 saturated carbocycles. The fourth-order valence-electron chi connectivity index (χ4n) is 0.711. The van der Waals surface area contributed by atoms with Crippen molar-refractivity contribution in [1.82, 2.24) is 0 Å². The third kappa shape index (κ3) is 3.44. The van der Waals surface area contributed by atoms with Crippen LogP contribution in [0.3, 0.4) is 0 Å². The fraction of sp³-hybridized carbons (Fsp3) is 1.00. The molecular weight excluding hydrogens is 198 g/mol. The summed E-state index contributed by atoms with van der Waals surface area (Å²) < 4.78 is 72.9. The summed E-state index contributed by atoms with van der Waals surface area (Å²) in [6, 6.07) is 0. The maximum atomic E-state index is 12.7. The minimum Gasteiger partial charge on any atom is -0.234 e. The number of rotatable bonds is 3. The van der Waals surface area contributed by atoms with Crippen molar-refractivity contribution < 1.29 is 26.3 Å². The van der Waals surface area contributed by atoms with Crippen LogP contribution in [0.1, 0.15) is 26.7 Å². The van der Waals surface area contributed by atoms with Gasteiger partial charge in [0.05, 0.1) is 6.42 Å². The van der Waals surface area contributed by atoms with Crippen LogP contribution < -0.4 is 0 Å². The quantitative estimate of drug-likeness (QED) is 0.620. The van der Waals surface area contributed by atoms with Gasteiger partial charge in [0.25, 0.3) is 5.92 Å². The molecule has 0 rings (SSSR count). The van der Waals surface area contributed by atoms with Crippen molar-refractivity contribution in [3.05, 3.63) is 0 Å². The van der Waals surface area contributed by atoms with Gasteiger partial charge in [-0.15, -0.1) is 0 Å². The lowest BCUT2D eigenvalue weighted by Gasteiger charge is -2.27. The third-order valence-corrected chi connectivity index (χ3v) is 1.70. The molecule has 0 aliphatic heterocycles. The number of hydrogen-bond acceptors (Lipinski definition) is 0.